The molecule has 158 valence electrons. The lowest BCUT2D eigenvalue weighted by atomic mass is 10.3. The Bertz CT molecular complexity index is 1020. The first kappa shape index (κ1) is 22.5. The van der Waals surface area contributed by atoms with Crippen molar-refractivity contribution in [3.05, 3.63) is 40.1 Å². The molecule has 0 saturated carbocycles. The van der Waals surface area contributed by atoms with Gasteiger partial charge in [-0.05, 0) is 26.0 Å². The van der Waals surface area contributed by atoms with Gasteiger partial charge in [0, 0.05) is 63.0 Å². The quantitative estimate of drug-likeness (QED) is 0.321. The van der Waals surface area contributed by atoms with Crippen LogP contribution in [0.5, 0.6) is 0 Å². The predicted molar refractivity (Wildman–Crippen MR) is 149 cm³/mol. The zero-order valence-electron chi connectivity index (χ0n) is 16.8. The molecular formula is C22H22S8. The molecule has 0 radical (unpaired) electrons. The average Bonchev–Trinajstić information content (AvgIpc) is 3.28. The minimum Gasteiger partial charge on any atom is -0.160 e. The van der Waals surface area contributed by atoms with Crippen LogP contribution >= 0.6 is 93.2 Å². The fourth-order valence-corrected chi connectivity index (χ4v) is 14.7. The van der Waals surface area contributed by atoms with Crippen LogP contribution in [0.2, 0.25) is 0 Å². The molecular weight excluding hydrogens is 521 g/mol. The number of thioether (sulfide) groups is 6. The highest BCUT2D eigenvalue weighted by Crippen LogP contribution is 2.58. The second kappa shape index (κ2) is 10.3. The Labute approximate surface area is 212 Å². The van der Waals surface area contributed by atoms with Gasteiger partial charge >= 0.3 is 0 Å². The van der Waals surface area contributed by atoms with E-state index in [4.69, 9.17) is 0 Å². The molecule has 0 amide bonds. The first-order valence-electron chi connectivity index (χ1n) is 9.82. The fourth-order valence-electron chi connectivity index (χ4n) is 3.42. The van der Waals surface area contributed by atoms with Gasteiger partial charge in [-0.25, -0.2) is 0 Å². The molecule has 2 aliphatic rings. The number of hydrogen-bond donors (Lipinski definition) is 0. The number of thiophene rings is 2. The lowest BCUT2D eigenvalue weighted by molar-refractivity contribution is 1.21. The highest BCUT2D eigenvalue weighted by Gasteiger charge is 2.30. The Kier molecular flexibility index (Phi) is 7.75. The van der Waals surface area contributed by atoms with Gasteiger partial charge in [0.05, 0.1) is 14.3 Å². The van der Waals surface area contributed by atoms with E-state index in [-0.39, 0.29) is 0 Å². The third-order valence-electron chi connectivity index (χ3n) is 4.75. The summed E-state index contributed by atoms with van der Waals surface area (Å²) in [7, 11) is 0. The lowest BCUT2D eigenvalue weighted by Gasteiger charge is -2.22. The topological polar surface area (TPSA) is 0 Å². The van der Waals surface area contributed by atoms with Gasteiger partial charge in [0.1, 0.15) is 0 Å². The maximum Gasteiger partial charge on any atom is 0.0691 e. The molecule has 30 heavy (non-hydrogen) atoms. The number of rotatable bonds is 3. The molecule has 1 aromatic carbocycles. The summed E-state index contributed by atoms with van der Waals surface area (Å²) < 4.78 is 0.585. The monoisotopic (exact) mass is 542 g/mol. The Morgan fingerprint density at radius 2 is 1.37 bits per heavy atom. The van der Waals surface area contributed by atoms with Crippen LogP contribution in [0.3, 0.4) is 0 Å². The highest BCUT2D eigenvalue weighted by molar-refractivity contribution is 8.19. The Hall–Kier alpha value is 0.720. The van der Waals surface area contributed by atoms with Crippen LogP contribution in [-0.4, -0.2) is 33.3 Å². The van der Waals surface area contributed by atoms with Crippen molar-refractivity contribution < 1.29 is 0 Å². The summed E-state index contributed by atoms with van der Waals surface area (Å²) in [4.78, 5) is 13.7. The lowest BCUT2D eigenvalue weighted by Crippen LogP contribution is -2.05. The molecule has 2 aliphatic heterocycles. The maximum atomic E-state index is 2.33. The summed E-state index contributed by atoms with van der Waals surface area (Å²) in [5.41, 5.74) is 0. The van der Waals surface area contributed by atoms with Crippen LogP contribution in [0.1, 0.15) is 9.75 Å². The standard InChI is InChI=1S/C22H22S8/c1-13-17-19(25-11-9-23-8-10-24-17)21(27-13)22-20-18(14(2)28-22)30-16(12-26-20)29-15-6-4-3-5-7-15/h3-7,16H,8-12H2,1-2H3. The average molecular weight is 543 g/mol. The van der Waals surface area contributed by atoms with Crippen LogP contribution in [0, 0.1) is 13.8 Å². The Morgan fingerprint density at radius 1 is 0.733 bits per heavy atom. The second-order valence-corrected chi connectivity index (χ2v) is 16.6. The van der Waals surface area contributed by atoms with Crippen LogP contribution in [0.4, 0.5) is 0 Å². The zero-order valence-corrected chi connectivity index (χ0v) is 23.3. The van der Waals surface area contributed by atoms with Gasteiger partial charge in [-0.15, -0.1) is 81.5 Å². The summed E-state index contributed by atoms with van der Waals surface area (Å²) in [6.45, 7) is 4.65. The molecule has 0 aliphatic carbocycles. The molecule has 0 fully saturated rings. The summed E-state index contributed by atoms with van der Waals surface area (Å²) in [6.07, 6.45) is 0. The number of hydrogen-bond acceptors (Lipinski definition) is 8. The second-order valence-electron chi connectivity index (χ2n) is 6.89. The van der Waals surface area contributed by atoms with Crippen molar-refractivity contribution >= 4 is 93.2 Å². The van der Waals surface area contributed by atoms with Crippen molar-refractivity contribution in [2.45, 2.75) is 42.9 Å². The minimum atomic E-state index is 0.585. The molecule has 2 aromatic heterocycles. The van der Waals surface area contributed by atoms with Crippen molar-refractivity contribution in [1.29, 1.82) is 0 Å². The van der Waals surface area contributed by atoms with E-state index in [0.717, 1.165) is 0 Å². The van der Waals surface area contributed by atoms with E-state index in [2.05, 4.69) is 103 Å². The number of benzene rings is 1. The summed E-state index contributed by atoms with van der Waals surface area (Å²) >= 11 is 16.5. The van der Waals surface area contributed by atoms with Gasteiger partial charge in [0.25, 0.3) is 0 Å². The molecule has 8 heteroatoms. The van der Waals surface area contributed by atoms with Gasteiger partial charge in [0.2, 0.25) is 0 Å². The van der Waals surface area contributed by atoms with Gasteiger partial charge < -0.3 is 0 Å². The SMILES string of the molecule is Cc1sc(-c2sc(C)c3c2SCC(Sc2ccccc2)S3)c2c1SCCSCCS2. The largest absolute Gasteiger partial charge is 0.160 e. The van der Waals surface area contributed by atoms with E-state index in [1.54, 1.807) is 19.6 Å². The first-order chi connectivity index (χ1) is 14.7. The van der Waals surface area contributed by atoms with E-state index in [1.807, 2.05) is 34.4 Å². The van der Waals surface area contributed by atoms with Crippen molar-refractivity contribution in [2.24, 2.45) is 0 Å². The van der Waals surface area contributed by atoms with Crippen molar-refractivity contribution in [2.75, 3.05) is 28.8 Å². The molecule has 3 aromatic rings. The molecule has 1 atom stereocenters. The van der Waals surface area contributed by atoms with E-state index >= 15 is 0 Å². The molecule has 0 saturated heterocycles. The molecule has 0 N–H and O–H groups in total. The minimum absolute atomic E-state index is 0.585. The third-order valence-corrected chi connectivity index (χ3v) is 16.1. The predicted octanol–water partition coefficient (Wildman–Crippen LogP) is 9.34. The normalized spacial score (nSPS) is 19.5. The van der Waals surface area contributed by atoms with Gasteiger partial charge in [-0.1, -0.05) is 18.2 Å². The van der Waals surface area contributed by atoms with Gasteiger partial charge in [-0.2, -0.15) is 11.8 Å². The summed E-state index contributed by atoms with van der Waals surface area (Å²) in [6, 6.07) is 10.9. The van der Waals surface area contributed by atoms with Crippen LogP contribution < -0.4 is 0 Å². The van der Waals surface area contributed by atoms with E-state index in [1.165, 1.54) is 53.2 Å². The molecule has 0 spiro atoms. The first-order valence-corrected chi connectivity index (χ1v) is 17.3. The summed E-state index contributed by atoms with van der Waals surface area (Å²) in [5, 5.41) is 0. The van der Waals surface area contributed by atoms with Crippen LogP contribution in [0.25, 0.3) is 9.75 Å². The Morgan fingerprint density at radius 3 is 2.10 bits per heavy atom. The fraction of sp³-hybridized carbons (Fsp3) is 0.364. The van der Waals surface area contributed by atoms with Crippen LogP contribution in [-0.2, 0) is 0 Å². The van der Waals surface area contributed by atoms with Gasteiger partial charge in [0.15, 0.2) is 0 Å². The summed E-state index contributed by atoms with van der Waals surface area (Å²) in [5.74, 6) is 6.18. The van der Waals surface area contributed by atoms with E-state index < -0.39 is 0 Å². The molecule has 0 nitrogen and oxygen atoms in total. The number of fused-ring (bicyclic) bond motifs is 2. The molecule has 1 unspecified atom stereocenters. The highest BCUT2D eigenvalue weighted by atomic mass is 32.2. The van der Waals surface area contributed by atoms with E-state index in [0.29, 0.717) is 4.58 Å². The van der Waals surface area contributed by atoms with Crippen LogP contribution in [0.15, 0.2) is 54.8 Å². The molecule has 0 bridgehead atoms. The van der Waals surface area contributed by atoms with Crippen molar-refractivity contribution in [1.82, 2.24) is 0 Å². The third kappa shape index (κ3) is 4.81. The smallest absolute Gasteiger partial charge is 0.0691 e. The van der Waals surface area contributed by atoms with Crippen molar-refractivity contribution in [3.63, 3.8) is 0 Å². The maximum absolute atomic E-state index is 2.33. The van der Waals surface area contributed by atoms with Gasteiger partial charge in [-0.3, -0.25) is 0 Å². The number of aryl methyl sites for hydroxylation is 2. The van der Waals surface area contributed by atoms with E-state index in [9.17, 15) is 0 Å². The Balaban J connectivity index is 1.46. The van der Waals surface area contributed by atoms with Crippen molar-refractivity contribution in [3.8, 4) is 9.75 Å². The molecule has 5 rings (SSSR count). The zero-order chi connectivity index (χ0) is 20.5. The molecule has 4 heterocycles.